The molecule has 0 saturated carbocycles. The van der Waals surface area contributed by atoms with Crippen molar-refractivity contribution < 1.29 is 20.8 Å². The Bertz CT molecular complexity index is 233. The molecule has 1 rings (SSSR count). The molecule has 0 saturated heterocycles. The first-order valence-electron chi connectivity index (χ1n) is 2.53. The first-order valence-corrected chi connectivity index (χ1v) is 9.48. The van der Waals surface area contributed by atoms with Crippen molar-refractivity contribution in [1.29, 1.82) is 0 Å². The molecule has 2 nitrogen and oxygen atoms in total. The molecular weight excluding hydrogens is 249 g/mol. The summed E-state index contributed by atoms with van der Waals surface area (Å²) in [6.45, 7) is 1.71. The van der Waals surface area contributed by atoms with Crippen LogP contribution in [0.2, 0.25) is 0 Å². The van der Waals surface area contributed by atoms with Crippen LogP contribution in [-0.2, 0) is 16.3 Å². The Morgan fingerprint density at radius 2 is 2.20 bits per heavy atom. The molecule has 1 aromatic rings. The standard InChI is InChI=1S/C6H5O2.BrH.Zn/c1-5-3-2-4-6(7)8-5;;/h3-4H,1H3;1H;/q-1;;+2/p-1. The van der Waals surface area contributed by atoms with Crippen molar-refractivity contribution in [2.24, 2.45) is 0 Å². The Balaban J connectivity index is 0.000000371. The van der Waals surface area contributed by atoms with Crippen LogP contribution in [0.25, 0.3) is 0 Å². The molecule has 0 amide bonds. The van der Waals surface area contributed by atoms with Gasteiger partial charge in [0.25, 0.3) is 0 Å². The van der Waals surface area contributed by atoms with Crippen LogP contribution >= 0.6 is 13.6 Å². The van der Waals surface area contributed by atoms with Crippen LogP contribution < -0.4 is 5.63 Å². The first kappa shape index (κ1) is 10.1. The van der Waals surface area contributed by atoms with E-state index in [0.29, 0.717) is 5.76 Å². The van der Waals surface area contributed by atoms with E-state index < -0.39 is 0 Å². The molecular formula is C6H5BrO2Zn. The van der Waals surface area contributed by atoms with Crippen LogP contribution in [0.4, 0.5) is 0 Å². The normalized spacial score (nSPS) is 8.00. The van der Waals surface area contributed by atoms with Gasteiger partial charge in [0.15, 0.2) is 0 Å². The number of hydrogen-bond acceptors (Lipinski definition) is 2. The molecule has 0 aromatic carbocycles. The molecule has 0 radical (unpaired) electrons. The van der Waals surface area contributed by atoms with Crippen molar-refractivity contribution in [3.8, 4) is 0 Å². The number of hydrogen-bond donors (Lipinski definition) is 0. The molecule has 0 bridgehead atoms. The third-order valence-corrected chi connectivity index (χ3v) is 0.749. The van der Waals surface area contributed by atoms with Gasteiger partial charge < -0.3 is 9.21 Å². The minimum atomic E-state index is -0.343. The Labute approximate surface area is 75.7 Å². The summed E-state index contributed by atoms with van der Waals surface area (Å²) in [5, 5.41) is 0. The van der Waals surface area contributed by atoms with Gasteiger partial charge in [-0.05, 0) is 5.76 Å². The zero-order valence-electron chi connectivity index (χ0n) is 5.56. The van der Waals surface area contributed by atoms with Crippen molar-refractivity contribution in [3.63, 3.8) is 0 Å². The van der Waals surface area contributed by atoms with Gasteiger partial charge in [-0.3, -0.25) is 0 Å². The van der Waals surface area contributed by atoms with Gasteiger partial charge in [-0.1, -0.05) is 13.0 Å². The van der Waals surface area contributed by atoms with Crippen LogP contribution in [0.1, 0.15) is 5.76 Å². The van der Waals surface area contributed by atoms with Crippen LogP contribution in [-0.4, -0.2) is 0 Å². The summed E-state index contributed by atoms with van der Waals surface area (Å²) in [5.74, 6) is 0.595. The second-order valence-electron chi connectivity index (χ2n) is 1.49. The van der Waals surface area contributed by atoms with Gasteiger partial charge in [0.05, 0.1) is 0 Å². The fraction of sp³-hybridized carbons (Fsp3) is 0.167. The monoisotopic (exact) mass is 252 g/mol. The van der Waals surface area contributed by atoms with Crippen molar-refractivity contribution in [1.82, 2.24) is 0 Å². The predicted molar refractivity (Wildman–Crippen MR) is 37.5 cm³/mol. The molecule has 0 N–H and O–H groups in total. The van der Waals surface area contributed by atoms with Crippen molar-refractivity contribution >= 4 is 13.6 Å². The van der Waals surface area contributed by atoms with E-state index in [0.717, 1.165) is 0 Å². The van der Waals surface area contributed by atoms with Gasteiger partial charge in [-0.25, -0.2) is 0 Å². The van der Waals surface area contributed by atoms with Gasteiger partial charge in [0.2, 0.25) is 5.63 Å². The maximum absolute atomic E-state index is 10.3. The van der Waals surface area contributed by atoms with Gasteiger partial charge in [0.1, 0.15) is 0 Å². The molecule has 0 unspecified atom stereocenters. The fourth-order valence-corrected chi connectivity index (χ4v) is 0.445. The van der Waals surface area contributed by atoms with Crippen LogP contribution in [0.5, 0.6) is 0 Å². The van der Waals surface area contributed by atoms with E-state index in [-0.39, 0.29) is 5.63 Å². The Kier molecular flexibility index (Phi) is 5.84. The quantitative estimate of drug-likeness (QED) is 0.520. The van der Waals surface area contributed by atoms with Gasteiger partial charge in [-0.15, -0.1) is 6.07 Å². The summed E-state index contributed by atoms with van der Waals surface area (Å²) in [6, 6.07) is 5.49. The SMILES string of the molecule is Cc1c[c-]cc(=O)o1.[Zn+][Br]. The molecule has 0 fully saturated rings. The van der Waals surface area contributed by atoms with E-state index in [4.69, 9.17) is 0 Å². The topological polar surface area (TPSA) is 30.2 Å². The summed E-state index contributed by atoms with van der Waals surface area (Å²) >= 11 is 4.25. The van der Waals surface area contributed by atoms with E-state index in [2.05, 4.69) is 24.1 Å². The summed E-state index contributed by atoms with van der Waals surface area (Å²) in [6.07, 6.45) is 0. The summed E-state index contributed by atoms with van der Waals surface area (Å²) in [4.78, 5) is 10.3. The molecule has 50 valence electrons. The van der Waals surface area contributed by atoms with E-state index in [1.807, 2.05) is 0 Å². The zero-order valence-corrected chi connectivity index (χ0v) is 10.1. The Morgan fingerprint density at radius 3 is 2.50 bits per heavy atom. The summed E-state index contributed by atoms with van der Waals surface area (Å²) in [5.41, 5.74) is -0.343. The number of aryl methyl sites for hydroxylation is 1. The first-order chi connectivity index (χ1) is 4.79. The van der Waals surface area contributed by atoms with Gasteiger partial charge in [0, 0.05) is 0 Å². The second-order valence-corrected chi connectivity index (χ2v) is 1.49. The predicted octanol–water partition coefficient (Wildman–Crippen LogP) is 1.59. The fourth-order valence-electron chi connectivity index (χ4n) is 0.445. The molecule has 0 aliphatic carbocycles. The third-order valence-electron chi connectivity index (χ3n) is 0.749. The number of rotatable bonds is 0. The molecule has 0 aliphatic rings. The van der Waals surface area contributed by atoms with E-state index in [1.54, 1.807) is 13.0 Å². The average molecular weight is 254 g/mol. The van der Waals surface area contributed by atoms with E-state index in [1.165, 1.54) is 22.4 Å². The molecule has 0 spiro atoms. The zero-order chi connectivity index (χ0) is 7.98. The Hall–Kier alpha value is 0.0534. The van der Waals surface area contributed by atoms with Gasteiger partial charge >= 0.3 is 30.0 Å². The molecule has 0 atom stereocenters. The average Bonchev–Trinajstić information content (AvgIpc) is 1.91. The van der Waals surface area contributed by atoms with Crippen LogP contribution in [0, 0.1) is 13.0 Å². The maximum atomic E-state index is 10.3. The molecule has 4 heteroatoms. The molecule has 1 heterocycles. The summed E-state index contributed by atoms with van der Waals surface area (Å²) < 4.78 is 4.59. The van der Waals surface area contributed by atoms with Crippen LogP contribution in [0.3, 0.4) is 0 Å². The molecule has 1 aromatic heterocycles. The van der Waals surface area contributed by atoms with Crippen molar-refractivity contribution in [2.45, 2.75) is 6.92 Å². The van der Waals surface area contributed by atoms with Crippen molar-refractivity contribution in [2.75, 3.05) is 0 Å². The van der Waals surface area contributed by atoms with E-state index in [9.17, 15) is 4.79 Å². The third kappa shape index (κ3) is 3.96. The Morgan fingerprint density at radius 1 is 1.60 bits per heavy atom. The molecule has 10 heavy (non-hydrogen) atoms. The minimum absolute atomic E-state index is 0.343. The van der Waals surface area contributed by atoms with Crippen LogP contribution in [0.15, 0.2) is 21.3 Å². The van der Waals surface area contributed by atoms with Gasteiger partial charge in [-0.2, -0.15) is 6.07 Å². The summed E-state index contributed by atoms with van der Waals surface area (Å²) in [7, 11) is 0. The second kappa shape index (κ2) is 5.81. The van der Waals surface area contributed by atoms with Crippen molar-refractivity contribution in [3.05, 3.63) is 34.4 Å². The van der Waals surface area contributed by atoms with E-state index >= 15 is 0 Å². The molecule has 0 aliphatic heterocycles. The number of halogens is 1.